The number of methoxy groups -OCH3 is 1. The van der Waals surface area contributed by atoms with Crippen molar-refractivity contribution in [3.05, 3.63) is 22.8 Å². The molecule has 1 aliphatic heterocycles. The highest BCUT2D eigenvalue weighted by Crippen LogP contribution is 2.54. The van der Waals surface area contributed by atoms with Crippen LogP contribution >= 0.6 is 0 Å². The van der Waals surface area contributed by atoms with Crippen molar-refractivity contribution in [3.8, 4) is 5.75 Å². The molecule has 3 rings (SSSR count). The van der Waals surface area contributed by atoms with E-state index >= 15 is 0 Å². The molecule has 0 saturated heterocycles. The van der Waals surface area contributed by atoms with Gasteiger partial charge in [-0.2, -0.15) is 0 Å². The van der Waals surface area contributed by atoms with Crippen LogP contribution in [0, 0.1) is 19.3 Å². The fraction of sp³-hybridized carbons (Fsp3) is 0.533. The van der Waals surface area contributed by atoms with E-state index in [0.29, 0.717) is 5.75 Å². The summed E-state index contributed by atoms with van der Waals surface area (Å²) in [4.78, 5) is 13.8. The third kappa shape index (κ3) is 1.78. The van der Waals surface area contributed by atoms with Crippen molar-refractivity contribution in [2.75, 3.05) is 18.6 Å². The first kappa shape index (κ1) is 12.3. The molecule has 4 nitrogen and oxygen atoms in total. The highest BCUT2D eigenvalue weighted by atomic mass is 16.5. The van der Waals surface area contributed by atoms with E-state index in [1.165, 1.54) is 7.11 Å². The van der Waals surface area contributed by atoms with Crippen molar-refractivity contribution in [2.45, 2.75) is 33.1 Å². The van der Waals surface area contributed by atoms with Crippen LogP contribution in [0.3, 0.4) is 0 Å². The first-order valence-corrected chi connectivity index (χ1v) is 6.65. The molecule has 1 saturated carbocycles. The molecule has 1 aliphatic carbocycles. The van der Waals surface area contributed by atoms with E-state index in [4.69, 9.17) is 4.74 Å². The second-order valence-electron chi connectivity index (χ2n) is 5.89. The fourth-order valence-corrected chi connectivity index (χ4v) is 3.11. The SMILES string of the molecule is COC(=O)N1CC2(CC2)Cc2cc(O)c(C)c(C)c21. The summed E-state index contributed by atoms with van der Waals surface area (Å²) in [5.41, 5.74) is 4.01. The van der Waals surface area contributed by atoms with Gasteiger partial charge in [-0.25, -0.2) is 4.79 Å². The number of nitrogens with zero attached hydrogens (tertiary/aromatic N) is 1. The number of carbonyl (C=O) groups excluding carboxylic acids is 1. The Morgan fingerprint density at radius 1 is 1.37 bits per heavy atom. The lowest BCUT2D eigenvalue weighted by atomic mass is 9.87. The Labute approximate surface area is 113 Å². The monoisotopic (exact) mass is 261 g/mol. The molecular weight excluding hydrogens is 242 g/mol. The number of carbonyl (C=O) groups is 1. The van der Waals surface area contributed by atoms with Gasteiger partial charge in [0.05, 0.1) is 12.8 Å². The van der Waals surface area contributed by atoms with Gasteiger partial charge < -0.3 is 9.84 Å². The Morgan fingerprint density at radius 2 is 2.05 bits per heavy atom. The van der Waals surface area contributed by atoms with E-state index in [-0.39, 0.29) is 11.5 Å². The van der Waals surface area contributed by atoms with Gasteiger partial charge in [0.15, 0.2) is 0 Å². The summed E-state index contributed by atoms with van der Waals surface area (Å²) >= 11 is 0. The van der Waals surface area contributed by atoms with Crippen LogP contribution < -0.4 is 4.90 Å². The average Bonchev–Trinajstić information content (AvgIpc) is 3.13. The van der Waals surface area contributed by atoms with Gasteiger partial charge >= 0.3 is 6.09 Å². The van der Waals surface area contributed by atoms with Crippen molar-refractivity contribution in [1.82, 2.24) is 0 Å². The minimum absolute atomic E-state index is 0.218. The third-order valence-corrected chi connectivity index (χ3v) is 4.60. The summed E-state index contributed by atoms with van der Waals surface area (Å²) in [5.74, 6) is 0.318. The largest absolute Gasteiger partial charge is 0.508 e. The third-order valence-electron chi connectivity index (χ3n) is 4.60. The summed E-state index contributed by atoms with van der Waals surface area (Å²) in [6.45, 7) is 4.56. The molecule has 1 spiro atoms. The number of benzene rings is 1. The Kier molecular flexibility index (Phi) is 2.52. The Morgan fingerprint density at radius 3 is 2.63 bits per heavy atom. The predicted molar refractivity (Wildman–Crippen MR) is 72.7 cm³/mol. The summed E-state index contributed by atoms with van der Waals surface area (Å²) < 4.78 is 4.92. The number of fused-ring (bicyclic) bond motifs is 1. The van der Waals surface area contributed by atoms with Crippen LogP contribution in [0.25, 0.3) is 0 Å². The van der Waals surface area contributed by atoms with Crippen molar-refractivity contribution in [1.29, 1.82) is 0 Å². The number of phenolic OH excluding ortho intramolecular Hbond substituents is 1. The molecular formula is C15H19NO3. The van der Waals surface area contributed by atoms with Gasteiger partial charge in [0.2, 0.25) is 0 Å². The van der Waals surface area contributed by atoms with E-state index in [2.05, 4.69) is 0 Å². The number of phenols is 1. The Hall–Kier alpha value is -1.71. The molecule has 4 heteroatoms. The molecule has 1 amide bonds. The number of amides is 1. The minimum Gasteiger partial charge on any atom is -0.508 e. The summed E-state index contributed by atoms with van der Waals surface area (Å²) in [5, 5.41) is 9.99. The number of hydrogen-bond donors (Lipinski definition) is 1. The van der Waals surface area contributed by atoms with Gasteiger partial charge in [-0.05, 0) is 61.3 Å². The van der Waals surface area contributed by atoms with Crippen LogP contribution in [0.2, 0.25) is 0 Å². The van der Waals surface area contributed by atoms with Gasteiger partial charge in [-0.3, -0.25) is 4.90 Å². The van der Waals surface area contributed by atoms with E-state index in [9.17, 15) is 9.90 Å². The minimum atomic E-state index is -0.305. The van der Waals surface area contributed by atoms with Crippen molar-refractivity contribution < 1.29 is 14.6 Å². The maximum absolute atomic E-state index is 12.0. The van der Waals surface area contributed by atoms with Gasteiger partial charge in [0, 0.05) is 6.54 Å². The van der Waals surface area contributed by atoms with Gasteiger partial charge in [-0.1, -0.05) is 0 Å². The lowest BCUT2D eigenvalue weighted by Gasteiger charge is -2.35. The van der Waals surface area contributed by atoms with Crippen molar-refractivity contribution in [3.63, 3.8) is 0 Å². The number of aromatic hydroxyl groups is 1. The zero-order valence-corrected chi connectivity index (χ0v) is 11.6. The summed E-state index contributed by atoms with van der Waals surface area (Å²) in [6, 6.07) is 1.81. The maximum atomic E-state index is 12.0. The van der Waals surface area contributed by atoms with E-state index in [1.54, 1.807) is 4.90 Å². The molecule has 0 bridgehead atoms. The lowest BCUT2D eigenvalue weighted by Crippen LogP contribution is -2.41. The molecule has 1 heterocycles. The molecule has 0 radical (unpaired) electrons. The van der Waals surface area contributed by atoms with Gasteiger partial charge in [0.25, 0.3) is 0 Å². The maximum Gasteiger partial charge on any atom is 0.414 e. The van der Waals surface area contributed by atoms with Crippen LogP contribution in [0.5, 0.6) is 5.75 Å². The van der Waals surface area contributed by atoms with Crippen molar-refractivity contribution >= 4 is 11.8 Å². The fourth-order valence-electron chi connectivity index (χ4n) is 3.11. The quantitative estimate of drug-likeness (QED) is 0.781. The van der Waals surface area contributed by atoms with Gasteiger partial charge in [-0.15, -0.1) is 0 Å². The van der Waals surface area contributed by atoms with Crippen molar-refractivity contribution in [2.24, 2.45) is 5.41 Å². The molecule has 1 fully saturated rings. The first-order chi connectivity index (χ1) is 8.97. The van der Waals surface area contributed by atoms with E-state index in [1.807, 2.05) is 19.9 Å². The normalized spacial score (nSPS) is 19.2. The second-order valence-corrected chi connectivity index (χ2v) is 5.89. The number of hydrogen-bond acceptors (Lipinski definition) is 3. The topological polar surface area (TPSA) is 49.8 Å². The number of anilines is 1. The Bertz CT molecular complexity index is 561. The standard InChI is InChI=1S/C15H19NO3/c1-9-10(2)13-11(6-12(9)17)7-15(4-5-15)8-16(13)14(18)19-3/h6,17H,4-5,7-8H2,1-3H3. The second kappa shape index (κ2) is 3.89. The van der Waals surface area contributed by atoms with Crippen LogP contribution in [-0.2, 0) is 11.2 Å². The molecule has 2 aliphatic rings. The lowest BCUT2D eigenvalue weighted by molar-refractivity contribution is 0.176. The number of rotatable bonds is 0. The molecule has 1 N–H and O–H groups in total. The van der Waals surface area contributed by atoms with Crippen LogP contribution in [0.1, 0.15) is 29.5 Å². The zero-order valence-electron chi connectivity index (χ0n) is 11.6. The van der Waals surface area contributed by atoms with Crippen LogP contribution in [0.15, 0.2) is 6.07 Å². The molecule has 102 valence electrons. The van der Waals surface area contributed by atoms with Crippen LogP contribution in [0.4, 0.5) is 10.5 Å². The smallest absolute Gasteiger partial charge is 0.414 e. The average molecular weight is 261 g/mol. The Balaban J connectivity index is 2.16. The van der Waals surface area contributed by atoms with E-state index in [0.717, 1.165) is 48.2 Å². The first-order valence-electron chi connectivity index (χ1n) is 6.65. The highest BCUT2D eigenvalue weighted by molar-refractivity contribution is 5.91. The zero-order chi connectivity index (χ0) is 13.8. The molecule has 0 aromatic heterocycles. The van der Waals surface area contributed by atoms with Gasteiger partial charge in [0.1, 0.15) is 5.75 Å². The number of ether oxygens (including phenoxy) is 1. The highest BCUT2D eigenvalue weighted by Gasteiger charge is 2.49. The molecule has 0 unspecified atom stereocenters. The van der Waals surface area contributed by atoms with E-state index < -0.39 is 0 Å². The molecule has 19 heavy (non-hydrogen) atoms. The summed E-state index contributed by atoms with van der Waals surface area (Å²) in [6.07, 6.45) is 2.94. The van der Waals surface area contributed by atoms with Crippen LogP contribution in [-0.4, -0.2) is 24.9 Å². The molecule has 1 aromatic carbocycles. The molecule has 0 atom stereocenters. The predicted octanol–water partition coefficient (Wildman–Crippen LogP) is 2.92. The molecule has 1 aromatic rings. The summed E-state index contributed by atoms with van der Waals surface area (Å²) in [7, 11) is 1.42.